The lowest BCUT2D eigenvalue weighted by molar-refractivity contribution is -0.137. The van der Waals surface area contributed by atoms with E-state index in [9.17, 15) is 4.79 Å². The molecule has 1 atom stereocenters. The first-order valence-corrected chi connectivity index (χ1v) is 5.65. The Labute approximate surface area is 104 Å². The topological polar surface area (TPSA) is 42.2 Å². The fourth-order valence-corrected chi connectivity index (χ4v) is 2.10. The van der Waals surface area contributed by atoms with Gasteiger partial charge in [0.15, 0.2) is 0 Å². The monoisotopic (exact) mass is 249 g/mol. The van der Waals surface area contributed by atoms with E-state index >= 15 is 0 Å². The fraction of sp³-hybridized carbons (Fsp3) is 0.154. The van der Waals surface area contributed by atoms with E-state index in [1.165, 1.54) is 0 Å². The maximum absolute atomic E-state index is 10.9. The van der Waals surface area contributed by atoms with Crippen LogP contribution in [0.4, 0.5) is 0 Å². The smallest absolute Gasteiger partial charge is 0.305 e. The summed E-state index contributed by atoms with van der Waals surface area (Å²) >= 11 is 6.11. The lowest BCUT2D eigenvalue weighted by atomic mass is 10.0. The summed E-state index contributed by atoms with van der Waals surface area (Å²) in [6.45, 7) is 0. The van der Waals surface area contributed by atoms with Crippen LogP contribution >= 0.6 is 11.6 Å². The van der Waals surface area contributed by atoms with Crippen LogP contribution in [0.1, 0.15) is 18.0 Å². The molecule has 1 aromatic heterocycles. The number of benzene rings is 1. The number of aliphatic carboxylic acids is 1. The zero-order valence-electron chi connectivity index (χ0n) is 9.08. The van der Waals surface area contributed by atoms with Crippen LogP contribution < -0.4 is 0 Å². The van der Waals surface area contributed by atoms with Gasteiger partial charge in [-0.05, 0) is 23.8 Å². The average molecular weight is 250 g/mol. The molecule has 0 fully saturated rings. The van der Waals surface area contributed by atoms with Crippen LogP contribution in [0.2, 0.25) is 5.02 Å². The highest BCUT2D eigenvalue weighted by atomic mass is 35.5. The molecule has 0 unspecified atom stereocenters. The van der Waals surface area contributed by atoms with Gasteiger partial charge in [0.2, 0.25) is 0 Å². The molecule has 4 heteroatoms. The number of aromatic nitrogens is 1. The highest BCUT2D eigenvalue weighted by Gasteiger charge is 2.18. The molecule has 1 aromatic carbocycles. The number of carbonyl (C=O) groups is 1. The van der Waals surface area contributed by atoms with E-state index in [1.54, 1.807) is 6.07 Å². The summed E-state index contributed by atoms with van der Waals surface area (Å²) in [5.41, 5.74) is 0.827. The van der Waals surface area contributed by atoms with Gasteiger partial charge in [0, 0.05) is 17.4 Å². The summed E-state index contributed by atoms with van der Waals surface area (Å²) in [6.07, 6.45) is 3.70. The summed E-state index contributed by atoms with van der Waals surface area (Å²) in [4.78, 5) is 10.9. The first-order chi connectivity index (χ1) is 8.18. The molecule has 17 heavy (non-hydrogen) atoms. The number of hydrogen-bond acceptors (Lipinski definition) is 1. The van der Waals surface area contributed by atoms with Crippen LogP contribution in [0, 0.1) is 0 Å². The minimum absolute atomic E-state index is 0.0123. The van der Waals surface area contributed by atoms with E-state index < -0.39 is 5.97 Å². The normalized spacial score (nSPS) is 12.3. The summed E-state index contributed by atoms with van der Waals surface area (Å²) in [5, 5.41) is 9.57. The van der Waals surface area contributed by atoms with E-state index in [0.717, 1.165) is 5.56 Å². The molecule has 0 saturated carbocycles. The Hall–Kier alpha value is -1.74. The van der Waals surface area contributed by atoms with E-state index in [4.69, 9.17) is 16.7 Å². The Morgan fingerprint density at radius 3 is 2.47 bits per heavy atom. The highest BCUT2D eigenvalue weighted by Crippen LogP contribution is 2.28. The molecule has 2 aromatic rings. The Morgan fingerprint density at radius 1 is 1.24 bits per heavy atom. The number of halogens is 1. The van der Waals surface area contributed by atoms with Gasteiger partial charge in [-0.1, -0.05) is 29.8 Å². The minimum atomic E-state index is -0.844. The second-order valence-corrected chi connectivity index (χ2v) is 4.17. The molecule has 3 nitrogen and oxygen atoms in total. The lowest BCUT2D eigenvalue weighted by Gasteiger charge is -2.18. The predicted octanol–water partition coefficient (Wildman–Crippen LogP) is 3.21. The molecule has 0 aliphatic rings. The van der Waals surface area contributed by atoms with Crippen LogP contribution in [-0.2, 0) is 4.79 Å². The van der Waals surface area contributed by atoms with Crippen LogP contribution in [0.25, 0.3) is 0 Å². The molecule has 0 aliphatic heterocycles. The molecule has 0 amide bonds. The second kappa shape index (κ2) is 5.06. The molecule has 0 spiro atoms. The quantitative estimate of drug-likeness (QED) is 0.904. The van der Waals surface area contributed by atoms with Crippen molar-refractivity contribution in [2.75, 3.05) is 0 Å². The number of carboxylic acids is 1. The Morgan fingerprint density at radius 2 is 1.88 bits per heavy atom. The van der Waals surface area contributed by atoms with Gasteiger partial charge in [-0.2, -0.15) is 0 Å². The van der Waals surface area contributed by atoms with Crippen molar-refractivity contribution in [3.8, 4) is 0 Å². The van der Waals surface area contributed by atoms with E-state index in [0.29, 0.717) is 5.02 Å². The molecule has 88 valence electrons. The first kappa shape index (κ1) is 11.7. The van der Waals surface area contributed by atoms with Gasteiger partial charge in [0.1, 0.15) is 0 Å². The van der Waals surface area contributed by atoms with Crippen molar-refractivity contribution in [3.63, 3.8) is 0 Å². The van der Waals surface area contributed by atoms with Crippen LogP contribution in [0.3, 0.4) is 0 Å². The van der Waals surface area contributed by atoms with E-state index in [1.807, 2.05) is 47.3 Å². The molecule has 0 aliphatic carbocycles. The predicted molar refractivity (Wildman–Crippen MR) is 66.3 cm³/mol. The van der Waals surface area contributed by atoms with Crippen molar-refractivity contribution in [1.82, 2.24) is 4.57 Å². The molecule has 1 heterocycles. The second-order valence-electron chi connectivity index (χ2n) is 3.77. The van der Waals surface area contributed by atoms with Gasteiger partial charge in [0.05, 0.1) is 12.5 Å². The third-order valence-corrected chi connectivity index (χ3v) is 2.96. The zero-order chi connectivity index (χ0) is 12.3. The standard InChI is InChI=1S/C13H12ClNO2/c14-11-6-2-1-5-10(11)12(9-13(16)17)15-7-3-4-8-15/h1-8,12H,9H2,(H,16,17)/t12-/m0/s1. The summed E-state index contributed by atoms with van der Waals surface area (Å²) in [7, 11) is 0. The molecule has 1 N–H and O–H groups in total. The largest absolute Gasteiger partial charge is 0.481 e. The molecule has 2 rings (SSSR count). The molecule has 0 saturated heterocycles. The Kier molecular flexibility index (Phi) is 3.49. The molecular formula is C13H12ClNO2. The van der Waals surface area contributed by atoms with Gasteiger partial charge in [-0.25, -0.2) is 0 Å². The van der Waals surface area contributed by atoms with Crippen LogP contribution in [0.5, 0.6) is 0 Å². The third-order valence-electron chi connectivity index (χ3n) is 2.62. The van der Waals surface area contributed by atoms with Crippen molar-refractivity contribution in [1.29, 1.82) is 0 Å². The van der Waals surface area contributed by atoms with Gasteiger partial charge < -0.3 is 9.67 Å². The van der Waals surface area contributed by atoms with Crippen molar-refractivity contribution in [2.45, 2.75) is 12.5 Å². The van der Waals surface area contributed by atoms with Crippen LogP contribution in [0.15, 0.2) is 48.8 Å². The fourth-order valence-electron chi connectivity index (χ4n) is 1.84. The summed E-state index contributed by atoms with van der Waals surface area (Å²) in [6, 6.07) is 10.8. The SMILES string of the molecule is O=C(O)C[C@@H](c1ccccc1Cl)n1cccc1. The Balaban J connectivity index is 2.41. The number of carboxylic acid groups (broad SMARTS) is 1. The molecule has 0 bridgehead atoms. The maximum atomic E-state index is 10.9. The first-order valence-electron chi connectivity index (χ1n) is 5.27. The van der Waals surface area contributed by atoms with E-state index in [2.05, 4.69) is 0 Å². The van der Waals surface area contributed by atoms with Crippen molar-refractivity contribution in [2.24, 2.45) is 0 Å². The maximum Gasteiger partial charge on any atom is 0.305 e. The molecule has 0 radical (unpaired) electrons. The van der Waals surface area contributed by atoms with Crippen molar-refractivity contribution in [3.05, 3.63) is 59.4 Å². The third kappa shape index (κ3) is 2.68. The molecular weight excluding hydrogens is 238 g/mol. The van der Waals surface area contributed by atoms with Gasteiger partial charge in [-0.15, -0.1) is 0 Å². The highest BCUT2D eigenvalue weighted by molar-refractivity contribution is 6.31. The van der Waals surface area contributed by atoms with Gasteiger partial charge in [-0.3, -0.25) is 4.79 Å². The number of hydrogen-bond donors (Lipinski definition) is 1. The average Bonchev–Trinajstić information content (AvgIpc) is 2.80. The minimum Gasteiger partial charge on any atom is -0.481 e. The Bertz CT molecular complexity index is 508. The van der Waals surface area contributed by atoms with Crippen molar-refractivity contribution >= 4 is 17.6 Å². The van der Waals surface area contributed by atoms with Gasteiger partial charge in [0.25, 0.3) is 0 Å². The number of rotatable bonds is 4. The number of nitrogens with zero attached hydrogens (tertiary/aromatic N) is 1. The van der Waals surface area contributed by atoms with Crippen LogP contribution in [-0.4, -0.2) is 15.6 Å². The lowest BCUT2D eigenvalue weighted by Crippen LogP contribution is -2.14. The summed E-state index contributed by atoms with van der Waals surface area (Å²) in [5.74, 6) is -0.844. The van der Waals surface area contributed by atoms with E-state index in [-0.39, 0.29) is 12.5 Å². The van der Waals surface area contributed by atoms with Crippen molar-refractivity contribution < 1.29 is 9.90 Å². The summed E-state index contributed by atoms with van der Waals surface area (Å²) < 4.78 is 1.86. The van der Waals surface area contributed by atoms with Gasteiger partial charge >= 0.3 is 5.97 Å². The zero-order valence-corrected chi connectivity index (χ0v) is 9.84.